The third-order valence-corrected chi connectivity index (χ3v) is 6.17. The molecule has 2 unspecified atom stereocenters. The zero-order chi connectivity index (χ0) is 30.0. The van der Waals surface area contributed by atoms with Gasteiger partial charge in [0, 0.05) is 19.5 Å². The molecule has 0 saturated carbocycles. The van der Waals surface area contributed by atoms with Gasteiger partial charge in [-0.05, 0) is 68.1 Å². The van der Waals surface area contributed by atoms with Gasteiger partial charge in [-0.1, -0.05) is 61.5 Å². The summed E-state index contributed by atoms with van der Waals surface area (Å²) in [5.41, 5.74) is 1.22. The second kappa shape index (κ2) is 14.2. The molecule has 3 aromatic carbocycles. The Labute approximate surface area is 241 Å². The topological polar surface area (TPSA) is 128 Å². The smallest absolute Gasteiger partial charge is 0.408 e. The second-order valence-electron chi connectivity index (χ2n) is 10.8. The number of hydrogen-bond donors (Lipinski definition) is 4. The van der Waals surface area contributed by atoms with Gasteiger partial charge in [0.2, 0.25) is 11.8 Å². The van der Waals surface area contributed by atoms with Crippen LogP contribution in [0.25, 0.3) is 0 Å². The highest BCUT2D eigenvalue weighted by atomic mass is 16.6. The second-order valence-corrected chi connectivity index (χ2v) is 10.8. The van der Waals surface area contributed by atoms with Crippen molar-refractivity contribution in [1.29, 1.82) is 0 Å². The number of nitrogens with zero attached hydrogens (tertiary/aromatic N) is 1. The van der Waals surface area contributed by atoms with Crippen LogP contribution in [0.3, 0.4) is 0 Å². The lowest BCUT2D eigenvalue weighted by atomic mass is 9.99. The average molecular weight is 562 g/mol. The van der Waals surface area contributed by atoms with Crippen molar-refractivity contribution in [3.05, 3.63) is 95.6 Å². The van der Waals surface area contributed by atoms with Crippen molar-refractivity contribution < 1.29 is 29.3 Å². The number of amides is 3. The van der Waals surface area contributed by atoms with E-state index in [1.807, 2.05) is 37.3 Å². The van der Waals surface area contributed by atoms with Crippen molar-refractivity contribution in [3.63, 3.8) is 0 Å². The maximum absolute atomic E-state index is 14.2. The molecule has 0 aliphatic rings. The molecule has 218 valence electrons. The van der Waals surface area contributed by atoms with Gasteiger partial charge in [-0.2, -0.15) is 0 Å². The summed E-state index contributed by atoms with van der Waals surface area (Å²) in [5, 5.41) is 25.6. The first-order valence-corrected chi connectivity index (χ1v) is 13.7. The fourth-order valence-corrected chi connectivity index (χ4v) is 4.37. The molecule has 3 aromatic rings. The van der Waals surface area contributed by atoms with Gasteiger partial charge >= 0.3 is 6.09 Å². The van der Waals surface area contributed by atoms with Crippen LogP contribution in [0.1, 0.15) is 56.8 Å². The van der Waals surface area contributed by atoms with Crippen molar-refractivity contribution in [2.24, 2.45) is 0 Å². The molecular weight excluding hydrogens is 522 g/mol. The van der Waals surface area contributed by atoms with E-state index >= 15 is 0 Å². The molecule has 0 aromatic heterocycles. The molecule has 0 bridgehead atoms. The van der Waals surface area contributed by atoms with E-state index < -0.39 is 35.6 Å². The van der Waals surface area contributed by atoms with Crippen molar-refractivity contribution >= 4 is 17.9 Å². The normalized spacial score (nSPS) is 12.6. The minimum atomic E-state index is -1.08. The van der Waals surface area contributed by atoms with Gasteiger partial charge in [0.05, 0.1) is 0 Å². The van der Waals surface area contributed by atoms with Gasteiger partial charge < -0.3 is 30.5 Å². The Kier molecular flexibility index (Phi) is 10.7. The van der Waals surface area contributed by atoms with Gasteiger partial charge in [0.15, 0.2) is 0 Å². The number of rotatable bonds is 11. The number of phenolic OH excluding ortho intramolecular Hbond substituents is 2. The molecule has 9 heteroatoms. The van der Waals surface area contributed by atoms with E-state index in [0.717, 1.165) is 5.56 Å². The van der Waals surface area contributed by atoms with Crippen LogP contribution in [-0.4, -0.2) is 51.2 Å². The lowest BCUT2D eigenvalue weighted by molar-refractivity contribution is -0.142. The summed E-state index contributed by atoms with van der Waals surface area (Å²) >= 11 is 0. The van der Waals surface area contributed by atoms with Crippen LogP contribution in [0.2, 0.25) is 0 Å². The zero-order valence-electron chi connectivity index (χ0n) is 24.0. The van der Waals surface area contributed by atoms with Crippen molar-refractivity contribution in [2.75, 3.05) is 6.54 Å². The van der Waals surface area contributed by atoms with Crippen LogP contribution in [0, 0.1) is 0 Å². The number of benzene rings is 3. The van der Waals surface area contributed by atoms with Crippen LogP contribution in [0.4, 0.5) is 4.79 Å². The number of hydrogen-bond acceptors (Lipinski definition) is 6. The van der Waals surface area contributed by atoms with E-state index in [9.17, 15) is 24.6 Å². The number of carbonyl (C=O) groups is 3. The van der Waals surface area contributed by atoms with Crippen molar-refractivity contribution in [2.45, 2.75) is 64.8 Å². The van der Waals surface area contributed by atoms with Gasteiger partial charge in [-0.3, -0.25) is 9.59 Å². The standard InChI is InChI=1S/C32H39N3O6/c1-5-18-35(28(24-12-9-13-26(37)20-24)29(38)33-21-23-10-7-6-8-11-23)30(39)27(34-31(40)41-32(2,3)4)19-22-14-16-25(36)17-15-22/h6-17,20,27-28,36-37H,5,18-19,21H2,1-4H3,(H,33,38)(H,34,40). The number of nitrogens with one attached hydrogen (secondary N) is 2. The SMILES string of the molecule is CCCN(C(=O)C(Cc1ccc(O)cc1)NC(=O)OC(C)(C)C)C(C(=O)NCc1ccccc1)c1cccc(O)c1. The third-order valence-electron chi connectivity index (χ3n) is 6.17. The maximum atomic E-state index is 14.2. The number of ether oxygens (including phenoxy) is 1. The number of aromatic hydroxyl groups is 2. The minimum absolute atomic E-state index is 0.0419. The van der Waals surface area contributed by atoms with E-state index in [4.69, 9.17) is 4.74 Å². The molecule has 3 rings (SSSR count). The minimum Gasteiger partial charge on any atom is -0.508 e. The fourth-order valence-electron chi connectivity index (χ4n) is 4.37. The summed E-state index contributed by atoms with van der Waals surface area (Å²) in [6.07, 6.45) is -0.143. The van der Waals surface area contributed by atoms with E-state index in [0.29, 0.717) is 17.5 Å². The highest BCUT2D eigenvalue weighted by Crippen LogP contribution is 2.26. The largest absolute Gasteiger partial charge is 0.508 e. The predicted octanol–water partition coefficient (Wildman–Crippen LogP) is 4.83. The Morgan fingerprint density at radius 1 is 0.878 bits per heavy atom. The van der Waals surface area contributed by atoms with Gasteiger partial charge in [-0.25, -0.2) is 4.79 Å². The lowest BCUT2D eigenvalue weighted by Crippen LogP contribution is -2.54. The van der Waals surface area contributed by atoms with Gasteiger partial charge in [0.1, 0.15) is 29.2 Å². The number of carbonyl (C=O) groups excluding carboxylic acids is 3. The Morgan fingerprint density at radius 2 is 1.56 bits per heavy atom. The number of alkyl carbamates (subject to hydrolysis) is 1. The summed E-state index contributed by atoms with van der Waals surface area (Å²) < 4.78 is 5.44. The van der Waals surface area contributed by atoms with Crippen molar-refractivity contribution in [1.82, 2.24) is 15.5 Å². The Hall–Kier alpha value is -4.53. The highest BCUT2D eigenvalue weighted by molar-refractivity contribution is 5.92. The van der Waals surface area contributed by atoms with Crippen LogP contribution < -0.4 is 10.6 Å². The molecule has 3 amide bonds. The summed E-state index contributed by atoms with van der Waals surface area (Å²) in [7, 11) is 0. The molecule has 0 saturated heterocycles. The summed E-state index contributed by atoms with van der Waals surface area (Å²) in [6.45, 7) is 7.51. The molecule has 0 spiro atoms. The first-order valence-electron chi connectivity index (χ1n) is 13.7. The maximum Gasteiger partial charge on any atom is 0.408 e. The van der Waals surface area contributed by atoms with E-state index in [2.05, 4.69) is 10.6 Å². The Morgan fingerprint density at radius 3 is 2.17 bits per heavy atom. The summed E-state index contributed by atoms with van der Waals surface area (Å²) in [4.78, 5) is 42.2. The first-order chi connectivity index (χ1) is 19.5. The quantitative estimate of drug-likeness (QED) is 0.266. The monoisotopic (exact) mass is 561 g/mol. The van der Waals surface area contributed by atoms with Crippen molar-refractivity contribution in [3.8, 4) is 11.5 Å². The molecule has 0 fully saturated rings. The summed E-state index contributed by atoms with van der Waals surface area (Å²) in [5.74, 6) is -0.890. The first kappa shape index (κ1) is 31.0. The molecule has 0 heterocycles. The van der Waals surface area contributed by atoms with Crippen LogP contribution in [-0.2, 0) is 27.3 Å². The fraction of sp³-hybridized carbons (Fsp3) is 0.344. The van der Waals surface area contributed by atoms with Crippen LogP contribution in [0.15, 0.2) is 78.9 Å². The highest BCUT2D eigenvalue weighted by Gasteiger charge is 2.36. The zero-order valence-corrected chi connectivity index (χ0v) is 24.0. The predicted molar refractivity (Wildman–Crippen MR) is 156 cm³/mol. The van der Waals surface area contributed by atoms with E-state index in [1.165, 1.54) is 29.2 Å². The third kappa shape index (κ3) is 9.56. The molecule has 0 aliphatic heterocycles. The van der Waals surface area contributed by atoms with Crippen LogP contribution in [0.5, 0.6) is 11.5 Å². The molecule has 4 N–H and O–H groups in total. The Bertz CT molecular complexity index is 1310. The van der Waals surface area contributed by atoms with E-state index in [1.54, 1.807) is 45.0 Å². The molecule has 0 aliphatic carbocycles. The van der Waals surface area contributed by atoms with Gasteiger partial charge in [-0.15, -0.1) is 0 Å². The molecule has 9 nitrogen and oxygen atoms in total. The molecule has 2 atom stereocenters. The van der Waals surface area contributed by atoms with Gasteiger partial charge in [0.25, 0.3) is 0 Å². The molecule has 0 radical (unpaired) electrons. The summed E-state index contributed by atoms with van der Waals surface area (Å²) in [6, 6.07) is 19.8. The average Bonchev–Trinajstić information content (AvgIpc) is 2.91. The Balaban J connectivity index is 1.98. The lowest BCUT2D eigenvalue weighted by Gasteiger charge is -2.34. The molecular formula is C32H39N3O6. The van der Waals surface area contributed by atoms with Crippen LogP contribution >= 0.6 is 0 Å². The van der Waals surface area contributed by atoms with E-state index in [-0.39, 0.29) is 31.0 Å². The number of phenols is 2. The molecule has 41 heavy (non-hydrogen) atoms.